The van der Waals surface area contributed by atoms with Gasteiger partial charge >= 0.3 is 0 Å². The Labute approximate surface area is 126 Å². The van der Waals surface area contributed by atoms with Gasteiger partial charge in [0.25, 0.3) is 5.91 Å². The van der Waals surface area contributed by atoms with Crippen molar-refractivity contribution in [3.63, 3.8) is 0 Å². The van der Waals surface area contributed by atoms with Gasteiger partial charge in [0, 0.05) is 22.5 Å². The number of hydrogen-bond donors (Lipinski definition) is 2. The smallest absolute Gasteiger partial charge is 0.287 e. The number of amides is 1. The minimum atomic E-state index is -0.246. The Morgan fingerprint density at radius 2 is 2.15 bits per heavy atom. The van der Waals surface area contributed by atoms with Crippen molar-refractivity contribution in [2.75, 3.05) is 6.61 Å². The molecular formula is C15H18BrNO3. The molecule has 4 nitrogen and oxygen atoms in total. The summed E-state index contributed by atoms with van der Waals surface area (Å²) in [7, 11) is 0. The van der Waals surface area contributed by atoms with Gasteiger partial charge in [-0.1, -0.05) is 29.8 Å². The van der Waals surface area contributed by atoms with Gasteiger partial charge in [0.15, 0.2) is 5.76 Å². The number of halogens is 1. The summed E-state index contributed by atoms with van der Waals surface area (Å²) in [5, 5.41) is 12.8. The molecule has 0 aliphatic rings. The van der Waals surface area contributed by atoms with Crippen LogP contribution in [0.25, 0.3) is 11.0 Å². The van der Waals surface area contributed by atoms with Crippen LogP contribution in [0, 0.1) is 5.92 Å². The summed E-state index contributed by atoms with van der Waals surface area (Å²) in [5.74, 6) is 0.302. The highest BCUT2D eigenvalue weighted by Gasteiger charge is 2.19. The van der Waals surface area contributed by atoms with E-state index in [0.29, 0.717) is 17.8 Å². The van der Waals surface area contributed by atoms with E-state index in [1.807, 2.05) is 32.0 Å². The number of furan rings is 1. The van der Waals surface area contributed by atoms with Crippen molar-refractivity contribution in [3.8, 4) is 0 Å². The highest BCUT2D eigenvalue weighted by atomic mass is 79.9. The number of aliphatic hydroxyl groups is 1. The predicted octanol–water partition coefficient (Wildman–Crippen LogP) is 3.33. The van der Waals surface area contributed by atoms with Gasteiger partial charge in [-0.05, 0) is 36.6 Å². The molecule has 0 bridgehead atoms. The third kappa shape index (κ3) is 3.41. The molecule has 108 valence electrons. The summed E-state index contributed by atoms with van der Waals surface area (Å²) in [6.07, 6.45) is 0.537. The molecular weight excluding hydrogens is 322 g/mol. The van der Waals surface area contributed by atoms with Crippen LogP contribution in [0.5, 0.6) is 0 Å². The van der Waals surface area contributed by atoms with Crippen LogP contribution in [-0.4, -0.2) is 23.7 Å². The molecule has 1 unspecified atom stereocenters. The highest BCUT2D eigenvalue weighted by Crippen LogP contribution is 2.23. The molecule has 0 radical (unpaired) electrons. The molecule has 0 saturated heterocycles. The molecule has 2 aromatic rings. The first-order valence-corrected chi connectivity index (χ1v) is 7.41. The van der Waals surface area contributed by atoms with Gasteiger partial charge in [0.05, 0.1) is 0 Å². The van der Waals surface area contributed by atoms with E-state index < -0.39 is 0 Å². The van der Waals surface area contributed by atoms with Crippen molar-refractivity contribution in [3.05, 3.63) is 34.5 Å². The highest BCUT2D eigenvalue weighted by molar-refractivity contribution is 9.10. The molecule has 0 fully saturated rings. The number of nitrogens with one attached hydrogen (secondary N) is 1. The standard InChI is InChI=1S/C15H18BrNO3/c1-9(2)12(5-6-18)17-15(19)14-8-10-7-11(16)3-4-13(10)20-14/h3-4,7-9,12,18H,5-6H2,1-2H3,(H,17,19). The number of rotatable bonds is 5. The maximum atomic E-state index is 12.2. The number of hydrogen-bond acceptors (Lipinski definition) is 3. The Kier molecular flexibility index (Phi) is 4.83. The average molecular weight is 340 g/mol. The summed E-state index contributed by atoms with van der Waals surface area (Å²) < 4.78 is 6.49. The zero-order valence-corrected chi connectivity index (χ0v) is 13.1. The summed E-state index contributed by atoms with van der Waals surface area (Å²) >= 11 is 3.39. The third-order valence-corrected chi connectivity index (χ3v) is 3.76. The molecule has 1 aromatic carbocycles. The molecule has 0 saturated carbocycles. The molecule has 1 aromatic heterocycles. The summed E-state index contributed by atoms with van der Waals surface area (Å²) in [6, 6.07) is 7.27. The van der Waals surface area contributed by atoms with E-state index >= 15 is 0 Å². The Morgan fingerprint density at radius 1 is 1.40 bits per heavy atom. The second-order valence-electron chi connectivity index (χ2n) is 5.13. The van der Waals surface area contributed by atoms with E-state index in [1.165, 1.54) is 0 Å². The van der Waals surface area contributed by atoms with Gasteiger partial charge in [-0.15, -0.1) is 0 Å². The molecule has 2 rings (SSSR count). The first kappa shape index (κ1) is 15.1. The molecule has 5 heteroatoms. The number of carbonyl (C=O) groups excluding carboxylic acids is 1. The molecule has 20 heavy (non-hydrogen) atoms. The van der Waals surface area contributed by atoms with E-state index in [9.17, 15) is 4.79 Å². The van der Waals surface area contributed by atoms with Gasteiger partial charge in [0.1, 0.15) is 5.58 Å². The van der Waals surface area contributed by atoms with Crippen molar-refractivity contribution < 1.29 is 14.3 Å². The van der Waals surface area contributed by atoms with Crippen molar-refractivity contribution in [1.29, 1.82) is 0 Å². The van der Waals surface area contributed by atoms with E-state index in [1.54, 1.807) is 6.07 Å². The van der Waals surface area contributed by atoms with Crippen molar-refractivity contribution >= 4 is 32.8 Å². The van der Waals surface area contributed by atoms with E-state index in [4.69, 9.17) is 9.52 Å². The van der Waals surface area contributed by atoms with Crippen LogP contribution >= 0.6 is 15.9 Å². The lowest BCUT2D eigenvalue weighted by atomic mass is 10.0. The summed E-state index contributed by atoms with van der Waals surface area (Å²) in [5.41, 5.74) is 0.682. The molecule has 1 heterocycles. The van der Waals surface area contributed by atoms with Gasteiger partial charge in [-0.3, -0.25) is 4.79 Å². The van der Waals surface area contributed by atoms with Crippen LogP contribution in [-0.2, 0) is 0 Å². The largest absolute Gasteiger partial charge is 0.451 e. The normalized spacial score (nSPS) is 12.8. The Balaban J connectivity index is 2.18. The van der Waals surface area contributed by atoms with Crippen LogP contribution < -0.4 is 5.32 Å². The van der Waals surface area contributed by atoms with E-state index in [-0.39, 0.29) is 24.5 Å². The summed E-state index contributed by atoms with van der Waals surface area (Å²) in [6.45, 7) is 4.07. The molecule has 1 amide bonds. The van der Waals surface area contributed by atoms with Crippen LogP contribution in [0.4, 0.5) is 0 Å². The second kappa shape index (κ2) is 6.41. The lowest BCUT2D eigenvalue weighted by molar-refractivity contribution is 0.0890. The van der Waals surface area contributed by atoms with Crippen LogP contribution in [0.3, 0.4) is 0 Å². The maximum absolute atomic E-state index is 12.2. The fraction of sp³-hybridized carbons (Fsp3) is 0.400. The number of benzene rings is 1. The predicted molar refractivity (Wildman–Crippen MR) is 81.7 cm³/mol. The minimum Gasteiger partial charge on any atom is -0.451 e. The van der Waals surface area contributed by atoms with Gasteiger partial charge in [0.2, 0.25) is 0 Å². The van der Waals surface area contributed by atoms with Crippen molar-refractivity contribution in [2.45, 2.75) is 26.3 Å². The summed E-state index contributed by atoms with van der Waals surface area (Å²) in [4.78, 5) is 12.2. The quantitative estimate of drug-likeness (QED) is 0.878. The third-order valence-electron chi connectivity index (χ3n) is 3.26. The monoisotopic (exact) mass is 339 g/mol. The number of fused-ring (bicyclic) bond motifs is 1. The first-order chi connectivity index (χ1) is 9.51. The SMILES string of the molecule is CC(C)C(CCO)NC(=O)c1cc2cc(Br)ccc2o1. The Bertz CT molecular complexity index is 606. The van der Waals surface area contributed by atoms with Crippen LogP contribution in [0.2, 0.25) is 0 Å². The fourth-order valence-electron chi connectivity index (χ4n) is 2.08. The molecule has 0 spiro atoms. The van der Waals surface area contributed by atoms with Crippen LogP contribution in [0.15, 0.2) is 33.2 Å². The Morgan fingerprint density at radius 3 is 2.80 bits per heavy atom. The lowest BCUT2D eigenvalue weighted by Gasteiger charge is -2.20. The van der Waals surface area contributed by atoms with Gasteiger partial charge in [-0.2, -0.15) is 0 Å². The topological polar surface area (TPSA) is 62.5 Å². The molecule has 0 aliphatic carbocycles. The Hall–Kier alpha value is -1.33. The lowest BCUT2D eigenvalue weighted by Crippen LogP contribution is -2.39. The molecule has 2 N–H and O–H groups in total. The molecule has 0 aliphatic heterocycles. The average Bonchev–Trinajstić information content (AvgIpc) is 2.80. The van der Waals surface area contributed by atoms with E-state index in [0.717, 1.165) is 9.86 Å². The zero-order chi connectivity index (χ0) is 14.7. The van der Waals surface area contributed by atoms with Crippen molar-refractivity contribution in [2.24, 2.45) is 5.92 Å². The van der Waals surface area contributed by atoms with E-state index in [2.05, 4.69) is 21.2 Å². The molecule has 1 atom stereocenters. The number of aliphatic hydroxyl groups excluding tert-OH is 1. The van der Waals surface area contributed by atoms with Gasteiger partial charge in [-0.25, -0.2) is 0 Å². The maximum Gasteiger partial charge on any atom is 0.287 e. The first-order valence-electron chi connectivity index (χ1n) is 6.62. The van der Waals surface area contributed by atoms with Crippen molar-refractivity contribution in [1.82, 2.24) is 5.32 Å². The fourth-order valence-corrected chi connectivity index (χ4v) is 2.46. The second-order valence-corrected chi connectivity index (χ2v) is 6.04. The van der Waals surface area contributed by atoms with Crippen LogP contribution in [0.1, 0.15) is 30.8 Å². The number of carbonyl (C=O) groups is 1. The minimum absolute atomic E-state index is 0.0518. The van der Waals surface area contributed by atoms with Gasteiger partial charge < -0.3 is 14.8 Å². The zero-order valence-electron chi connectivity index (χ0n) is 11.5.